The molecule has 4 nitrogen and oxygen atoms in total. The van der Waals surface area contributed by atoms with Crippen LogP contribution in [-0.2, 0) is 6.42 Å². The number of nitrogens with zero attached hydrogens (tertiary/aromatic N) is 2. The highest BCUT2D eigenvalue weighted by Crippen LogP contribution is 2.23. The van der Waals surface area contributed by atoms with Crippen molar-refractivity contribution < 1.29 is 0 Å². The highest BCUT2D eigenvalue weighted by Gasteiger charge is 2.35. The maximum atomic E-state index is 4.01. The van der Waals surface area contributed by atoms with Crippen molar-refractivity contribution in [1.82, 2.24) is 20.4 Å². The summed E-state index contributed by atoms with van der Waals surface area (Å²) in [7, 11) is 0. The summed E-state index contributed by atoms with van der Waals surface area (Å²) in [5, 5.41) is 7.78. The largest absolute Gasteiger partial charge is 0.313 e. The molecule has 0 radical (unpaired) electrons. The van der Waals surface area contributed by atoms with Gasteiger partial charge in [0.15, 0.2) is 0 Å². The number of hydrogen-bond donors (Lipinski definition) is 2. The lowest BCUT2D eigenvalue weighted by Crippen LogP contribution is -2.65. The molecule has 1 aromatic rings. The van der Waals surface area contributed by atoms with E-state index in [0.717, 1.165) is 38.0 Å². The average molecular weight is 515 g/mol. The zero-order valence-electron chi connectivity index (χ0n) is 25.5. The fourth-order valence-electron chi connectivity index (χ4n) is 6.15. The van der Waals surface area contributed by atoms with E-state index in [4.69, 9.17) is 0 Å². The van der Waals surface area contributed by atoms with Gasteiger partial charge in [-0.1, -0.05) is 96.6 Å². The fourth-order valence-corrected chi connectivity index (χ4v) is 6.15. The standard InChI is InChI=1S/C33H62N4/c1-7-11-16-30(9-3)24-36-26-33(6,27-37(28-36)25-31(10-4)17-12-8-2)35-23-22-34-29(5)20-21-32-18-14-13-15-19-32/h13-15,18-19,29-31,34-35H,7-12,16-17,20-28H2,1-6H3. The summed E-state index contributed by atoms with van der Waals surface area (Å²) in [6, 6.07) is 11.4. The van der Waals surface area contributed by atoms with Crippen LogP contribution in [0.4, 0.5) is 0 Å². The summed E-state index contributed by atoms with van der Waals surface area (Å²) in [5.74, 6) is 1.66. The van der Waals surface area contributed by atoms with Crippen molar-refractivity contribution in [3.05, 3.63) is 35.9 Å². The van der Waals surface area contributed by atoms with E-state index in [9.17, 15) is 0 Å². The van der Waals surface area contributed by atoms with Gasteiger partial charge in [0.2, 0.25) is 0 Å². The zero-order valence-corrected chi connectivity index (χ0v) is 25.5. The Bertz CT molecular complexity index is 652. The highest BCUT2D eigenvalue weighted by molar-refractivity contribution is 5.14. The lowest BCUT2D eigenvalue weighted by Gasteiger charge is -2.48. The quantitative estimate of drug-likeness (QED) is 0.184. The molecule has 0 spiro atoms. The van der Waals surface area contributed by atoms with Crippen molar-refractivity contribution in [2.75, 3.05) is 45.9 Å². The van der Waals surface area contributed by atoms with Gasteiger partial charge in [-0.05, 0) is 56.9 Å². The first kappa shape index (κ1) is 32.3. The van der Waals surface area contributed by atoms with E-state index in [1.165, 1.54) is 89.5 Å². The molecule has 4 heteroatoms. The Hall–Kier alpha value is -0.940. The van der Waals surface area contributed by atoms with E-state index in [-0.39, 0.29) is 5.54 Å². The van der Waals surface area contributed by atoms with Crippen LogP contribution in [0.15, 0.2) is 30.3 Å². The van der Waals surface area contributed by atoms with Crippen LogP contribution in [0.2, 0.25) is 0 Å². The van der Waals surface area contributed by atoms with E-state index >= 15 is 0 Å². The number of aryl methyl sites for hydroxylation is 1. The molecule has 37 heavy (non-hydrogen) atoms. The predicted octanol–water partition coefficient (Wildman–Crippen LogP) is 6.95. The molecule has 1 aromatic carbocycles. The number of rotatable bonds is 20. The molecular formula is C33H62N4. The average Bonchev–Trinajstić information content (AvgIpc) is 2.90. The summed E-state index contributed by atoms with van der Waals surface area (Å²) < 4.78 is 0. The van der Waals surface area contributed by atoms with Crippen molar-refractivity contribution >= 4 is 0 Å². The van der Waals surface area contributed by atoms with Crippen LogP contribution in [0.1, 0.15) is 105 Å². The van der Waals surface area contributed by atoms with Gasteiger partial charge in [0, 0.05) is 50.8 Å². The normalized spacial score (nSPS) is 21.7. The molecule has 0 aromatic heterocycles. The van der Waals surface area contributed by atoms with Gasteiger partial charge in [-0.15, -0.1) is 0 Å². The van der Waals surface area contributed by atoms with E-state index in [1.807, 2.05) is 0 Å². The molecule has 3 atom stereocenters. The minimum Gasteiger partial charge on any atom is -0.313 e. The van der Waals surface area contributed by atoms with Crippen molar-refractivity contribution in [2.24, 2.45) is 11.8 Å². The topological polar surface area (TPSA) is 30.5 Å². The van der Waals surface area contributed by atoms with Gasteiger partial charge < -0.3 is 10.6 Å². The van der Waals surface area contributed by atoms with E-state index in [0.29, 0.717) is 6.04 Å². The number of nitrogens with one attached hydrogen (secondary N) is 2. The van der Waals surface area contributed by atoms with E-state index in [2.05, 4.69) is 92.3 Å². The van der Waals surface area contributed by atoms with Gasteiger partial charge in [0.05, 0.1) is 6.67 Å². The minimum atomic E-state index is 0.152. The number of unbranched alkanes of at least 4 members (excludes halogenated alkanes) is 2. The third-order valence-corrected chi connectivity index (χ3v) is 8.54. The Morgan fingerprint density at radius 1 is 0.811 bits per heavy atom. The van der Waals surface area contributed by atoms with Crippen molar-refractivity contribution in [3.8, 4) is 0 Å². The summed E-state index contributed by atoms with van der Waals surface area (Å²) in [4.78, 5) is 5.56. The third-order valence-electron chi connectivity index (χ3n) is 8.54. The van der Waals surface area contributed by atoms with Gasteiger partial charge >= 0.3 is 0 Å². The first-order valence-corrected chi connectivity index (χ1v) is 15.9. The van der Waals surface area contributed by atoms with Crippen LogP contribution in [0, 0.1) is 11.8 Å². The summed E-state index contributed by atoms with van der Waals surface area (Å²) >= 11 is 0. The van der Waals surface area contributed by atoms with Crippen LogP contribution in [0.3, 0.4) is 0 Å². The molecule has 0 saturated carbocycles. The first-order chi connectivity index (χ1) is 17.9. The van der Waals surface area contributed by atoms with Crippen molar-refractivity contribution in [2.45, 2.75) is 117 Å². The highest BCUT2D eigenvalue weighted by atomic mass is 15.4. The molecule has 1 fully saturated rings. The molecule has 0 bridgehead atoms. The Morgan fingerprint density at radius 2 is 1.38 bits per heavy atom. The monoisotopic (exact) mass is 514 g/mol. The van der Waals surface area contributed by atoms with E-state index < -0.39 is 0 Å². The Kier molecular flexibility index (Phi) is 16.0. The van der Waals surface area contributed by atoms with Gasteiger partial charge in [-0.2, -0.15) is 0 Å². The van der Waals surface area contributed by atoms with Gasteiger partial charge in [-0.25, -0.2) is 0 Å². The smallest absolute Gasteiger partial charge is 0.0507 e. The van der Waals surface area contributed by atoms with Gasteiger partial charge in [0.1, 0.15) is 0 Å². The van der Waals surface area contributed by atoms with Crippen molar-refractivity contribution in [1.29, 1.82) is 0 Å². The molecular weight excluding hydrogens is 452 g/mol. The number of benzene rings is 1. The fraction of sp³-hybridized carbons (Fsp3) is 0.818. The Balaban J connectivity index is 1.89. The van der Waals surface area contributed by atoms with Crippen molar-refractivity contribution in [3.63, 3.8) is 0 Å². The van der Waals surface area contributed by atoms with Crippen LogP contribution in [-0.4, -0.2) is 67.3 Å². The maximum Gasteiger partial charge on any atom is 0.0507 e. The summed E-state index contributed by atoms with van der Waals surface area (Å²) in [5.41, 5.74) is 1.59. The maximum absolute atomic E-state index is 4.01. The Morgan fingerprint density at radius 3 is 1.89 bits per heavy atom. The summed E-state index contributed by atoms with van der Waals surface area (Å²) in [6.45, 7) is 22.3. The molecule has 1 aliphatic rings. The molecule has 2 rings (SSSR count). The molecule has 2 N–H and O–H groups in total. The number of hydrogen-bond acceptors (Lipinski definition) is 4. The zero-order chi connectivity index (χ0) is 26.9. The Labute approximate surface area is 231 Å². The molecule has 1 saturated heterocycles. The van der Waals surface area contributed by atoms with E-state index in [1.54, 1.807) is 0 Å². The van der Waals surface area contributed by atoms with Gasteiger partial charge in [0.25, 0.3) is 0 Å². The van der Waals surface area contributed by atoms with Crippen LogP contribution >= 0.6 is 0 Å². The second-order valence-electron chi connectivity index (χ2n) is 12.4. The van der Waals surface area contributed by atoms with Crippen LogP contribution < -0.4 is 10.6 Å². The minimum absolute atomic E-state index is 0.152. The molecule has 0 aliphatic carbocycles. The SMILES string of the molecule is CCCCC(CC)CN1CN(CC(CC)CCCC)CC(C)(NCCNC(C)CCc2ccccc2)C1. The molecule has 0 amide bonds. The van der Waals surface area contributed by atoms with Crippen LogP contribution in [0.5, 0.6) is 0 Å². The molecule has 1 heterocycles. The lowest BCUT2D eigenvalue weighted by molar-refractivity contribution is 0.00515. The van der Waals surface area contributed by atoms with Gasteiger partial charge in [-0.3, -0.25) is 9.80 Å². The molecule has 214 valence electrons. The predicted molar refractivity (Wildman–Crippen MR) is 163 cm³/mol. The second-order valence-corrected chi connectivity index (χ2v) is 12.4. The summed E-state index contributed by atoms with van der Waals surface area (Å²) in [6.07, 6.45) is 13.1. The van der Waals surface area contributed by atoms with Crippen LogP contribution in [0.25, 0.3) is 0 Å². The third kappa shape index (κ3) is 13.1. The lowest BCUT2D eigenvalue weighted by atomic mass is 9.93. The second kappa shape index (κ2) is 18.4. The molecule has 3 unspecified atom stereocenters. The first-order valence-electron chi connectivity index (χ1n) is 15.9. The molecule has 1 aliphatic heterocycles.